The van der Waals surface area contributed by atoms with E-state index in [1.165, 1.54) is 4.90 Å². The second-order valence-electron chi connectivity index (χ2n) is 5.24. The van der Waals surface area contributed by atoms with Gasteiger partial charge in [0.1, 0.15) is 6.04 Å². The highest BCUT2D eigenvalue weighted by atomic mass is 16.4. The molecule has 0 aliphatic carbocycles. The number of carboxylic acid groups (broad SMARTS) is 1. The van der Waals surface area contributed by atoms with E-state index in [1.807, 2.05) is 0 Å². The first-order valence-electron chi connectivity index (χ1n) is 7.17. The van der Waals surface area contributed by atoms with Crippen LogP contribution in [0.4, 0.5) is 0 Å². The maximum atomic E-state index is 12.5. The van der Waals surface area contributed by atoms with E-state index in [0.29, 0.717) is 18.5 Å². The highest BCUT2D eigenvalue weighted by Crippen LogP contribution is 2.20. The lowest BCUT2D eigenvalue weighted by molar-refractivity contribution is -0.143. The number of nitrogens with zero attached hydrogens (tertiary/aromatic N) is 4. The van der Waals surface area contributed by atoms with Crippen LogP contribution in [-0.2, 0) is 4.79 Å². The van der Waals surface area contributed by atoms with Crippen molar-refractivity contribution >= 4 is 11.9 Å². The highest BCUT2D eigenvalue weighted by molar-refractivity contribution is 5.96. The van der Waals surface area contributed by atoms with Crippen molar-refractivity contribution < 1.29 is 14.7 Å². The van der Waals surface area contributed by atoms with Crippen LogP contribution in [0.15, 0.2) is 36.7 Å². The summed E-state index contributed by atoms with van der Waals surface area (Å²) in [6.07, 6.45) is 5.48. The molecule has 7 nitrogen and oxygen atoms in total. The monoisotopic (exact) mass is 300 g/mol. The molecule has 0 radical (unpaired) electrons. The molecule has 1 N–H and O–H groups in total. The molecule has 0 unspecified atom stereocenters. The van der Waals surface area contributed by atoms with E-state index in [4.69, 9.17) is 0 Å². The van der Waals surface area contributed by atoms with Gasteiger partial charge in [-0.3, -0.25) is 4.79 Å². The predicted octanol–water partition coefficient (Wildman–Crippen LogP) is 1.35. The lowest BCUT2D eigenvalue weighted by atomic mass is 10.0. The summed E-state index contributed by atoms with van der Waals surface area (Å²) in [6, 6.07) is 6.18. The first kappa shape index (κ1) is 14.2. The summed E-state index contributed by atoms with van der Waals surface area (Å²) in [5.74, 6) is -1.18. The van der Waals surface area contributed by atoms with Gasteiger partial charge in [0.15, 0.2) is 0 Å². The van der Waals surface area contributed by atoms with Crippen LogP contribution in [0.2, 0.25) is 0 Å². The molecule has 1 atom stereocenters. The van der Waals surface area contributed by atoms with Crippen LogP contribution in [0.1, 0.15) is 29.6 Å². The van der Waals surface area contributed by atoms with Crippen molar-refractivity contribution in [3.05, 3.63) is 42.2 Å². The lowest BCUT2D eigenvalue weighted by Crippen LogP contribution is -2.47. The van der Waals surface area contributed by atoms with Gasteiger partial charge in [-0.25, -0.2) is 9.48 Å². The van der Waals surface area contributed by atoms with Crippen molar-refractivity contribution in [2.75, 3.05) is 6.54 Å². The number of benzene rings is 1. The van der Waals surface area contributed by atoms with Crippen molar-refractivity contribution in [3.63, 3.8) is 0 Å². The van der Waals surface area contributed by atoms with Gasteiger partial charge in [-0.05, 0) is 43.5 Å². The minimum absolute atomic E-state index is 0.239. The van der Waals surface area contributed by atoms with Crippen molar-refractivity contribution in [2.24, 2.45) is 0 Å². The van der Waals surface area contributed by atoms with Crippen LogP contribution in [0, 0.1) is 0 Å². The van der Waals surface area contributed by atoms with E-state index in [-0.39, 0.29) is 5.91 Å². The zero-order chi connectivity index (χ0) is 15.5. The molecule has 1 amide bonds. The van der Waals surface area contributed by atoms with Gasteiger partial charge in [0.25, 0.3) is 5.91 Å². The molecule has 1 aliphatic heterocycles. The summed E-state index contributed by atoms with van der Waals surface area (Å²) >= 11 is 0. The fourth-order valence-electron chi connectivity index (χ4n) is 2.70. The molecule has 22 heavy (non-hydrogen) atoms. The van der Waals surface area contributed by atoms with Gasteiger partial charge in [-0.1, -0.05) is 5.21 Å². The van der Waals surface area contributed by atoms with Gasteiger partial charge in [0.05, 0.1) is 18.1 Å². The van der Waals surface area contributed by atoms with E-state index in [2.05, 4.69) is 10.3 Å². The second-order valence-corrected chi connectivity index (χ2v) is 5.24. The topological polar surface area (TPSA) is 88.3 Å². The second kappa shape index (κ2) is 5.97. The van der Waals surface area contributed by atoms with Gasteiger partial charge in [0, 0.05) is 12.1 Å². The Morgan fingerprint density at radius 1 is 1.18 bits per heavy atom. The summed E-state index contributed by atoms with van der Waals surface area (Å²) in [5.41, 5.74) is 1.28. The number of aromatic nitrogens is 3. The van der Waals surface area contributed by atoms with Gasteiger partial charge >= 0.3 is 5.97 Å². The van der Waals surface area contributed by atoms with Crippen LogP contribution in [-0.4, -0.2) is 49.5 Å². The Bertz CT molecular complexity index is 667. The zero-order valence-corrected chi connectivity index (χ0v) is 11.9. The number of piperidine rings is 1. The Kier molecular flexibility index (Phi) is 3.86. The lowest BCUT2D eigenvalue weighted by Gasteiger charge is -2.33. The average molecular weight is 300 g/mol. The fraction of sp³-hybridized carbons (Fsp3) is 0.333. The predicted molar refractivity (Wildman–Crippen MR) is 77.7 cm³/mol. The Morgan fingerprint density at radius 2 is 1.95 bits per heavy atom. The Labute approximate surface area is 127 Å². The van der Waals surface area contributed by atoms with E-state index in [0.717, 1.165) is 18.5 Å². The molecule has 3 rings (SSSR count). The molecular formula is C15H16N4O3. The first-order valence-corrected chi connectivity index (χ1v) is 7.17. The minimum atomic E-state index is -0.938. The Morgan fingerprint density at radius 3 is 2.59 bits per heavy atom. The number of hydrogen-bond acceptors (Lipinski definition) is 4. The summed E-state index contributed by atoms with van der Waals surface area (Å²) < 4.78 is 1.59. The van der Waals surface area contributed by atoms with Gasteiger partial charge in [-0.15, -0.1) is 5.10 Å². The number of aliphatic carboxylic acids is 1. The molecule has 1 fully saturated rings. The molecule has 0 bridgehead atoms. The molecule has 0 spiro atoms. The standard InChI is InChI=1S/C15H16N4O3/c20-14(18-9-2-1-3-13(18)15(21)22)11-4-6-12(7-5-11)19-10-8-16-17-19/h4-8,10,13H,1-3,9H2,(H,21,22)/t13-/m1/s1. The largest absolute Gasteiger partial charge is 0.480 e. The molecule has 1 aliphatic rings. The van der Waals surface area contributed by atoms with Gasteiger partial charge in [0.2, 0.25) is 0 Å². The molecule has 1 aromatic carbocycles. The van der Waals surface area contributed by atoms with Crippen molar-refractivity contribution in [1.29, 1.82) is 0 Å². The van der Waals surface area contributed by atoms with Crippen molar-refractivity contribution in [3.8, 4) is 5.69 Å². The van der Waals surface area contributed by atoms with Crippen LogP contribution >= 0.6 is 0 Å². The maximum Gasteiger partial charge on any atom is 0.326 e. The molecule has 2 heterocycles. The third-order valence-electron chi connectivity index (χ3n) is 3.85. The average Bonchev–Trinajstić information content (AvgIpc) is 3.09. The van der Waals surface area contributed by atoms with E-state index < -0.39 is 12.0 Å². The molecule has 2 aromatic rings. The van der Waals surface area contributed by atoms with Gasteiger partial charge < -0.3 is 10.0 Å². The zero-order valence-electron chi connectivity index (χ0n) is 11.9. The maximum absolute atomic E-state index is 12.5. The Hall–Kier alpha value is -2.70. The summed E-state index contributed by atoms with van der Waals surface area (Å²) in [7, 11) is 0. The quantitative estimate of drug-likeness (QED) is 0.924. The van der Waals surface area contributed by atoms with E-state index >= 15 is 0 Å². The summed E-state index contributed by atoms with van der Waals surface area (Å²) in [6.45, 7) is 0.487. The van der Waals surface area contributed by atoms with Crippen molar-refractivity contribution in [1.82, 2.24) is 19.9 Å². The molecular weight excluding hydrogens is 284 g/mol. The smallest absolute Gasteiger partial charge is 0.326 e. The number of rotatable bonds is 3. The van der Waals surface area contributed by atoms with Crippen LogP contribution in [0.3, 0.4) is 0 Å². The van der Waals surface area contributed by atoms with E-state index in [1.54, 1.807) is 41.3 Å². The molecule has 1 saturated heterocycles. The van der Waals surface area contributed by atoms with Crippen molar-refractivity contribution in [2.45, 2.75) is 25.3 Å². The third kappa shape index (κ3) is 2.69. The number of likely N-dealkylation sites (tertiary alicyclic amines) is 1. The summed E-state index contributed by atoms with van der Waals surface area (Å²) in [5, 5.41) is 16.9. The number of amides is 1. The molecule has 0 saturated carbocycles. The number of carbonyl (C=O) groups excluding carboxylic acids is 1. The van der Waals surface area contributed by atoms with Crippen LogP contribution in [0.25, 0.3) is 5.69 Å². The third-order valence-corrected chi connectivity index (χ3v) is 3.85. The number of carboxylic acids is 1. The minimum Gasteiger partial charge on any atom is -0.480 e. The number of carbonyl (C=O) groups is 2. The molecule has 1 aromatic heterocycles. The highest BCUT2D eigenvalue weighted by Gasteiger charge is 2.32. The first-order chi connectivity index (χ1) is 10.7. The molecule has 7 heteroatoms. The van der Waals surface area contributed by atoms with Crippen LogP contribution in [0.5, 0.6) is 0 Å². The van der Waals surface area contributed by atoms with Crippen LogP contribution < -0.4 is 0 Å². The molecule has 114 valence electrons. The summed E-state index contributed by atoms with van der Waals surface area (Å²) in [4.78, 5) is 25.3. The SMILES string of the molecule is O=C(O)[C@H]1CCCCN1C(=O)c1ccc(-n2ccnn2)cc1. The normalized spacial score (nSPS) is 18.2. The number of hydrogen-bond donors (Lipinski definition) is 1. The Balaban J connectivity index is 1.81. The van der Waals surface area contributed by atoms with E-state index in [9.17, 15) is 14.7 Å². The fourth-order valence-corrected chi connectivity index (χ4v) is 2.70. The van der Waals surface area contributed by atoms with Gasteiger partial charge in [-0.2, -0.15) is 0 Å².